The fourth-order valence-corrected chi connectivity index (χ4v) is 7.27. The van der Waals surface area contributed by atoms with Gasteiger partial charge in [0, 0.05) is 5.41 Å². The second-order valence-corrected chi connectivity index (χ2v) is 10.3. The quantitative estimate of drug-likeness (QED) is 0.641. The number of fused-ring (bicyclic) bond motifs is 5. The molecule has 4 fully saturated rings. The molecule has 1 saturated heterocycles. The van der Waals surface area contributed by atoms with Crippen molar-refractivity contribution >= 4 is 6.16 Å². The first-order valence-electron chi connectivity index (χ1n) is 10.2. The van der Waals surface area contributed by atoms with Crippen molar-refractivity contribution in [1.82, 2.24) is 0 Å². The smallest absolute Gasteiger partial charge is 0.424 e. The number of rotatable bonds is 0. The van der Waals surface area contributed by atoms with Gasteiger partial charge in [-0.3, -0.25) is 0 Å². The minimum Gasteiger partial charge on any atom is -0.424 e. The van der Waals surface area contributed by atoms with E-state index in [0.717, 1.165) is 25.2 Å². The molecule has 0 aromatic carbocycles. The first-order chi connectivity index (χ1) is 11.6. The van der Waals surface area contributed by atoms with Crippen LogP contribution in [-0.2, 0) is 9.47 Å². The molecule has 0 aromatic rings. The summed E-state index contributed by atoms with van der Waals surface area (Å²) in [6, 6.07) is 0. The maximum absolute atomic E-state index is 11.8. The van der Waals surface area contributed by atoms with Crippen LogP contribution in [0.25, 0.3) is 0 Å². The molecular weight excluding hydrogens is 316 g/mol. The molecule has 8 atom stereocenters. The van der Waals surface area contributed by atoms with Crippen LogP contribution in [0.2, 0.25) is 0 Å². The summed E-state index contributed by atoms with van der Waals surface area (Å²) in [5.41, 5.74) is -0.0768. The molecule has 1 heterocycles. The summed E-state index contributed by atoms with van der Waals surface area (Å²) >= 11 is 0. The van der Waals surface area contributed by atoms with E-state index < -0.39 is 23.5 Å². The van der Waals surface area contributed by atoms with Crippen LogP contribution in [0.5, 0.6) is 0 Å². The number of hydrogen-bond acceptors (Lipinski definition) is 4. The van der Waals surface area contributed by atoms with Crippen LogP contribution in [0.15, 0.2) is 0 Å². The first-order valence-corrected chi connectivity index (χ1v) is 10.2. The van der Waals surface area contributed by atoms with Gasteiger partial charge in [-0.1, -0.05) is 41.0 Å². The molecule has 142 valence electrons. The van der Waals surface area contributed by atoms with Crippen LogP contribution >= 0.6 is 0 Å². The second-order valence-electron chi connectivity index (χ2n) is 10.3. The van der Waals surface area contributed by atoms with E-state index >= 15 is 0 Å². The third kappa shape index (κ3) is 2.25. The molecule has 4 nitrogen and oxygen atoms in total. The maximum atomic E-state index is 11.8. The summed E-state index contributed by atoms with van der Waals surface area (Å²) in [6.45, 7) is 11.7. The van der Waals surface area contributed by atoms with E-state index in [1.807, 2.05) is 0 Å². The summed E-state index contributed by atoms with van der Waals surface area (Å²) in [4.78, 5) is 11.8. The van der Waals surface area contributed by atoms with E-state index in [9.17, 15) is 9.90 Å². The highest BCUT2D eigenvalue weighted by atomic mass is 16.8. The average Bonchev–Trinajstić information content (AvgIpc) is 2.80. The SMILES string of the molecule is C[C@@H]1CC2OC(=O)OC2(O)[C@@]2(C)CC[C@H]3[C@H](C)CC[C@@H](C[C@H]12)C3(C)C. The molecule has 2 unspecified atom stereocenters. The lowest BCUT2D eigenvalue weighted by Gasteiger charge is -2.59. The summed E-state index contributed by atoms with van der Waals surface area (Å²) in [6.07, 6.45) is 5.21. The zero-order valence-corrected chi connectivity index (χ0v) is 16.4. The highest BCUT2D eigenvalue weighted by Gasteiger charge is 2.69. The Hall–Kier alpha value is -0.770. The Morgan fingerprint density at radius 3 is 2.44 bits per heavy atom. The highest BCUT2D eigenvalue weighted by molar-refractivity contribution is 5.63. The van der Waals surface area contributed by atoms with Crippen LogP contribution in [0.3, 0.4) is 0 Å². The number of carbonyl (C=O) groups is 1. The zero-order valence-electron chi connectivity index (χ0n) is 16.4. The van der Waals surface area contributed by atoms with Crippen molar-refractivity contribution in [3.05, 3.63) is 0 Å². The van der Waals surface area contributed by atoms with Crippen LogP contribution in [0.4, 0.5) is 4.79 Å². The van der Waals surface area contributed by atoms with Crippen molar-refractivity contribution in [1.29, 1.82) is 0 Å². The summed E-state index contributed by atoms with van der Waals surface area (Å²) < 4.78 is 10.8. The minimum atomic E-state index is -1.46. The van der Waals surface area contributed by atoms with Crippen molar-refractivity contribution in [2.75, 3.05) is 0 Å². The van der Waals surface area contributed by atoms with E-state index in [1.165, 1.54) is 12.8 Å². The van der Waals surface area contributed by atoms with Crippen molar-refractivity contribution in [3.8, 4) is 0 Å². The highest BCUT2D eigenvalue weighted by Crippen LogP contribution is 2.64. The Labute approximate surface area is 151 Å². The molecule has 0 amide bonds. The lowest BCUT2D eigenvalue weighted by atomic mass is 9.47. The van der Waals surface area contributed by atoms with Crippen LogP contribution in [0.1, 0.15) is 73.1 Å². The van der Waals surface area contributed by atoms with Crippen molar-refractivity contribution in [2.24, 2.45) is 40.4 Å². The Morgan fingerprint density at radius 2 is 1.72 bits per heavy atom. The van der Waals surface area contributed by atoms with E-state index in [-0.39, 0.29) is 0 Å². The van der Waals surface area contributed by atoms with Gasteiger partial charge in [0.1, 0.15) is 0 Å². The fourth-order valence-electron chi connectivity index (χ4n) is 7.27. The lowest BCUT2D eigenvalue weighted by Crippen LogP contribution is -2.63. The molecule has 4 heteroatoms. The van der Waals surface area contributed by atoms with Gasteiger partial charge in [-0.05, 0) is 67.1 Å². The van der Waals surface area contributed by atoms with Crippen molar-refractivity contribution < 1.29 is 19.4 Å². The average molecular weight is 350 g/mol. The number of aliphatic hydroxyl groups is 1. The van der Waals surface area contributed by atoms with Crippen molar-refractivity contribution in [3.63, 3.8) is 0 Å². The van der Waals surface area contributed by atoms with Gasteiger partial charge in [-0.2, -0.15) is 0 Å². The van der Waals surface area contributed by atoms with E-state index in [0.29, 0.717) is 35.5 Å². The van der Waals surface area contributed by atoms with Crippen LogP contribution in [0, 0.1) is 40.4 Å². The molecule has 1 N–H and O–H groups in total. The Bertz CT molecular complexity index is 572. The zero-order chi connectivity index (χ0) is 18.2. The second kappa shape index (κ2) is 5.37. The first kappa shape index (κ1) is 17.6. The van der Waals surface area contributed by atoms with Gasteiger partial charge < -0.3 is 14.6 Å². The lowest BCUT2D eigenvalue weighted by molar-refractivity contribution is -0.291. The largest absolute Gasteiger partial charge is 0.511 e. The third-order valence-electron chi connectivity index (χ3n) is 9.00. The van der Waals surface area contributed by atoms with Gasteiger partial charge in [0.25, 0.3) is 5.79 Å². The molecule has 0 aromatic heterocycles. The summed E-state index contributed by atoms with van der Waals surface area (Å²) in [7, 11) is 0. The summed E-state index contributed by atoms with van der Waals surface area (Å²) in [5, 5.41) is 11.5. The van der Waals surface area contributed by atoms with E-state index in [1.54, 1.807) is 0 Å². The standard InChI is InChI=1S/C21H34O4/c1-12-6-7-14-11-16-13(2)10-17-21(23,25-18(22)24-17)20(16,5)9-8-15(12)19(14,3)4/h12-17,23H,6-11H2,1-5H3/t12-,13-,14+,15+,16-,17?,20+,21?/m1/s1. The predicted molar refractivity (Wildman–Crippen MR) is 94.7 cm³/mol. The van der Waals surface area contributed by atoms with Gasteiger partial charge in [0.15, 0.2) is 6.10 Å². The van der Waals surface area contributed by atoms with Gasteiger partial charge >= 0.3 is 6.16 Å². The molecule has 2 bridgehead atoms. The molecule has 25 heavy (non-hydrogen) atoms. The molecule has 4 aliphatic rings. The Morgan fingerprint density at radius 1 is 1.00 bits per heavy atom. The van der Waals surface area contributed by atoms with Crippen molar-refractivity contribution in [2.45, 2.75) is 85.0 Å². The molecule has 4 rings (SSSR count). The monoisotopic (exact) mass is 350 g/mol. The van der Waals surface area contributed by atoms with E-state index in [2.05, 4.69) is 34.6 Å². The number of carbonyl (C=O) groups excluding carboxylic acids is 1. The maximum Gasteiger partial charge on any atom is 0.511 e. The van der Waals surface area contributed by atoms with Gasteiger partial charge in [-0.15, -0.1) is 0 Å². The summed E-state index contributed by atoms with van der Waals surface area (Å²) in [5.74, 6) is 1.40. The molecule has 1 aliphatic heterocycles. The van der Waals surface area contributed by atoms with Gasteiger partial charge in [-0.25, -0.2) is 4.79 Å². The van der Waals surface area contributed by atoms with Crippen LogP contribution in [-0.4, -0.2) is 23.2 Å². The molecule has 3 saturated carbocycles. The third-order valence-corrected chi connectivity index (χ3v) is 9.00. The molecule has 3 aliphatic carbocycles. The van der Waals surface area contributed by atoms with Gasteiger partial charge in [0.2, 0.25) is 0 Å². The molecular formula is C21H34O4. The Kier molecular flexibility index (Phi) is 3.79. The van der Waals surface area contributed by atoms with Crippen LogP contribution < -0.4 is 0 Å². The minimum absolute atomic E-state index is 0.348. The number of ether oxygens (including phenoxy) is 2. The predicted octanol–water partition coefficient (Wildman–Crippen LogP) is 4.75. The fraction of sp³-hybridized carbons (Fsp3) is 0.952. The Balaban J connectivity index is 1.75. The topological polar surface area (TPSA) is 55.8 Å². The molecule has 0 spiro atoms. The number of hydrogen-bond donors (Lipinski definition) is 1. The van der Waals surface area contributed by atoms with E-state index in [4.69, 9.17) is 9.47 Å². The normalized spacial score (nSPS) is 54.4. The van der Waals surface area contributed by atoms with Gasteiger partial charge in [0.05, 0.1) is 0 Å². The molecule has 0 radical (unpaired) electrons.